The van der Waals surface area contributed by atoms with E-state index >= 15 is 0 Å². The second-order valence-corrected chi connectivity index (χ2v) is 6.58. The normalized spacial score (nSPS) is 12.8. The third-order valence-electron chi connectivity index (χ3n) is 2.83. The minimum Gasteiger partial charge on any atom is -0.375 e. The number of nitrogens with zero attached hydrogens (tertiary/aromatic N) is 2. The number of nitrogens with one attached hydrogen (secondary N) is 1. The Labute approximate surface area is 128 Å². The van der Waals surface area contributed by atoms with Crippen LogP contribution in [-0.2, 0) is 0 Å². The molecule has 2 heterocycles. The molecule has 3 nitrogen and oxygen atoms in total. The fraction of sp³-hybridized carbons (Fsp3) is 0.167. The summed E-state index contributed by atoms with van der Waals surface area (Å²) in [5.41, 5.74) is 3.62. The van der Waals surface area contributed by atoms with Crippen LogP contribution in [0, 0.1) is 0 Å². The zero-order chi connectivity index (χ0) is 13.4. The molecular formula is C12H9Cl2N3S2. The van der Waals surface area contributed by atoms with Gasteiger partial charge in [-0.25, -0.2) is 0 Å². The lowest BCUT2D eigenvalue weighted by molar-refractivity contribution is 0.892. The molecule has 0 saturated heterocycles. The van der Waals surface area contributed by atoms with Gasteiger partial charge in [-0.05, 0) is 36.1 Å². The van der Waals surface area contributed by atoms with Crippen molar-refractivity contribution in [3.63, 3.8) is 0 Å². The summed E-state index contributed by atoms with van der Waals surface area (Å²) < 4.78 is 9.29. The van der Waals surface area contributed by atoms with Gasteiger partial charge in [-0.15, -0.1) is 11.3 Å². The molecule has 1 N–H and O–H groups in total. The number of thiophene rings is 1. The SMILES string of the molecule is CC(Nc1c(Cl)ccc2nsnc12)c1csc(Cl)c1. The molecule has 0 spiro atoms. The van der Waals surface area contributed by atoms with Crippen LogP contribution >= 0.6 is 46.3 Å². The molecular weight excluding hydrogens is 321 g/mol. The summed E-state index contributed by atoms with van der Waals surface area (Å²) >= 11 is 14.9. The van der Waals surface area contributed by atoms with Crippen LogP contribution in [0.2, 0.25) is 9.36 Å². The molecule has 1 unspecified atom stereocenters. The highest BCUT2D eigenvalue weighted by molar-refractivity contribution is 7.14. The number of fused-ring (bicyclic) bond motifs is 1. The highest BCUT2D eigenvalue weighted by Gasteiger charge is 2.14. The number of benzene rings is 1. The average Bonchev–Trinajstić information content (AvgIpc) is 3.01. The molecule has 19 heavy (non-hydrogen) atoms. The fourth-order valence-electron chi connectivity index (χ4n) is 1.81. The molecule has 0 aliphatic rings. The van der Waals surface area contributed by atoms with Crippen molar-refractivity contribution in [2.75, 3.05) is 5.32 Å². The van der Waals surface area contributed by atoms with Crippen LogP contribution in [0.1, 0.15) is 18.5 Å². The first kappa shape index (κ1) is 13.1. The van der Waals surface area contributed by atoms with Crippen molar-refractivity contribution < 1.29 is 0 Å². The van der Waals surface area contributed by atoms with E-state index in [2.05, 4.69) is 21.0 Å². The van der Waals surface area contributed by atoms with E-state index in [1.807, 2.05) is 23.6 Å². The second-order valence-electron chi connectivity index (χ2n) is 4.10. The van der Waals surface area contributed by atoms with E-state index in [9.17, 15) is 0 Å². The minimum absolute atomic E-state index is 0.105. The standard InChI is InChI=1S/C12H9Cl2N3S2/c1-6(7-4-10(14)18-5-7)15-11-8(13)2-3-9-12(11)17-19-16-9/h2-6,15H,1H3. The molecule has 7 heteroatoms. The summed E-state index contributed by atoms with van der Waals surface area (Å²) in [5, 5.41) is 6.07. The first-order valence-corrected chi connectivity index (χ1v) is 7.93. The molecule has 1 aromatic carbocycles. The Balaban J connectivity index is 1.96. The van der Waals surface area contributed by atoms with Crippen LogP contribution in [-0.4, -0.2) is 8.75 Å². The topological polar surface area (TPSA) is 37.8 Å². The number of halogens is 2. The van der Waals surface area contributed by atoms with E-state index in [4.69, 9.17) is 23.2 Å². The Morgan fingerprint density at radius 3 is 2.84 bits per heavy atom. The third-order valence-corrected chi connectivity index (χ3v) is 4.79. The Hall–Kier alpha value is -0.880. The van der Waals surface area contributed by atoms with Crippen molar-refractivity contribution in [2.24, 2.45) is 0 Å². The van der Waals surface area contributed by atoms with Crippen LogP contribution in [0.5, 0.6) is 0 Å². The van der Waals surface area contributed by atoms with E-state index < -0.39 is 0 Å². The Bertz CT molecular complexity index is 723. The maximum atomic E-state index is 6.25. The first-order chi connectivity index (χ1) is 9.15. The second kappa shape index (κ2) is 5.25. The van der Waals surface area contributed by atoms with E-state index in [1.165, 1.54) is 23.1 Å². The summed E-state index contributed by atoms with van der Waals surface area (Å²) in [4.78, 5) is 0. The minimum atomic E-state index is 0.105. The lowest BCUT2D eigenvalue weighted by Gasteiger charge is -2.15. The summed E-state index contributed by atoms with van der Waals surface area (Å²) in [5.74, 6) is 0. The molecule has 0 aliphatic heterocycles. The largest absolute Gasteiger partial charge is 0.375 e. The van der Waals surface area contributed by atoms with Gasteiger partial charge in [0.05, 0.1) is 26.8 Å². The number of aromatic nitrogens is 2. The van der Waals surface area contributed by atoms with Crippen LogP contribution in [0.25, 0.3) is 11.0 Å². The molecule has 0 bridgehead atoms. The third kappa shape index (κ3) is 2.56. The van der Waals surface area contributed by atoms with Gasteiger partial charge >= 0.3 is 0 Å². The van der Waals surface area contributed by atoms with E-state index in [0.717, 1.165) is 26.6 Å². The van der Waals surface area contributed by atoms with Gasteiger partial charge in [0.15, 0.2) is 0 Å². The molecule has 0 saturated carbocycles. The van der Waals surface area contributed by atoms with Gasteiger partial charge in [-0.1, -0.05) is 23.2 Å². The van der Waals surface area contributed by atoms with E-state index in [-0.39, 0.29) is 6.04 Å². The van der Waals surface area contributed by atoms with E-state index in [1.54, 1.807) is 0 Å². The van der Waals surface area contributed by atoms with Gasteiger partial charge in [0.1, 0.15) is 11.0 Å². The summed E-state index contributed by atoms with van der Waals surface area (Å²) in [6.45, 7) is 2.06. The number of rotatable bonds is 3. The van der Waals surface area contributed by atoms with Crippen LogP contribution in [0.3, 0.4) is 0 Å². The lowest BCUT2D eigenvalue weighted by Crippen LogP contribution is -2.06. The maximum absolute atomic E-state index is 6.25. The van der Waals surface area contributed by atoms with Crippen molar-refractivity contribution in [3.05, 3.63) is 38.5 Å². The highest BCUT2D eigenvalue weighted by Crippen LogP contribution is 2.34. The van der Waals surface area contributed by atoms with Crippen molar-refractivity contribution in [1.29, 1.82) is 0 Å². The zero-order valence-corrected chi connectivity index (χ0v) is 13.0. The van der Waals surface area contributed by atoms with Crippen molar-refractivity contribution in [2.45, 2.75) is 13.0 Å². The summed E-state index contributed by atoms with van der Waals surface area (Å²) in [6, 6.07) is 5.77. The number of hydrogen-bond donors (Lipinski definition) is 1. The average molecular weight is 330 g/mol. The summed E-state index contributed by atoms with van der Waals surface area (Å²) in [6.07, 6.45) is 0. The van der Waals surface area contributed by atoms with E-state index in [0.29, 0.717) is 5.02 Å². The van der Waals surface area contributed by atoms with Gasteiger partial charge in [0.25, 0.3) is 0 Å². The molecule has 0 aliphatic carbocycles. The molecule has 3 aromatic rings. The monoisotopic (exact) mass is 329 g/mol. The van der Waals surface area contributed by atoms with Gasteiger partial charge < -0.3 is 5.32 Å². The molecule has 0 amide bonds. The van der Waals surface area contributed by atoms with Crippen LogP contribution in [0.15, 0.2) is 23.6 Å². The maximum Gasteiger partial charge on any atom is 0.129 e. The fourth-order valence-corrected chi connectivity index (χ4v) is 3.55. The number of hydrogen-bond acceptors (Lipinski definition) is 5. The molecule has 0 fully saturated rings. The van der Waals surface area contributed by atoms with Crippen LogP contribution in [0.4, 0.5) is 5.69 Å². The summed E-state index contributed by atoms with van der Waals surface area (Å²) in [7, 11) is 0. The Morgan fingerprint density at radius 2 is 2.11 bits per heavy atom. The molecule has 3 rings (SSSR count). The van der Waals surface area contributed by atoms with Gasteiger partial charge in [-0.2, -0.15) is 8.75 Å². The van der Waals surface area contributed by atoms with Crippen molar-refractivity contribution in [1.82, 2.24) is 8.75 Å². The van der Waals surface area contributed by atoms with Gasteiger partial charge in [-0.3, -0.25) is 0 Å². The predicted octanol–water partition coefficient (Wildman–Crippen LogP) is 5.23. The van der Waals surface area contributed by atoms with Gasteiger partial charge in [0, 0.05) is 6.04 Å². The molecule has 98 valence electrons. The van der Waals surface area contributed by atoms with Crippen molar-refractivity contribution >= 4 is 63.0 Å². The zero-order valence-electron chi connectivity index (χ0n) is 9.85. The molecule has 1 atom stereocenters. The Kier molecular flexibility index (Phi) is 3.62. The Morgan fingerprint density at radius 1 is 1.26 bits per heavy atom. The lowest BCUT2D eigenvalue weighted by atomic mass is 10.1. The smallest absolute Gasteiger partial charge is 0.129 e. The quantitative estimate of drug-likeness (QED) is 0.714. The van der Waals surface area contributed by atoms with Crippen LogP contribution < -0.4 is 5.32 Å². The predicted molar refractivity (Wildman–Crippen MR) is 83.8 cm³/mol. The highest BCUT2D eigenvalue weighted by atomic mass is 35.5. The first-order valence-electron chi connectivity index (χ1n) is 5.56. The van der Waals surface area contributed by atoms with Crippen molar-refractivity contribution in [3.8, 4) is 0 Å². The molecule has 0 radical (unpaired) electrons. The molecule has 2 aromatic heterocycles. The number of anilines is 1. The van der Waals surface area contributed by atoms with Gasteiger partial charge in [0.2, 0.25) is 0 Å².